The number of carbonyl (C=O) groups excluding carboxylic acids is 1. The molecule has 1 amide bonds. The zero-order valence-electron chi connectivity index (χ0n) is 11.3. The molecule has 0 spiro atoms. The summed E-state index contributed by atoms with van der Waals surface area (Å²) in [7, 11) is 0. The molecular weight excluding hydrogens is 310 g/mol. The number of hydrogen-bond acceptors (Lipinski definition) is 7. The smallest absolute Gasteiger partial charge is 0.277 e. The van der Waals surface area contributed by atoms with E-state index < -0.39 is 0 Å². The number of nitrogens with zero attached hydrogens (tertiary/aromatic N) is 2. The van der Waals surface area contributed by atoms with E-state index in [9.17, 15) is 4.79 Å². The Labute approximate surface area is 130 Å². The molecule has 0 bridgehead atoms. The van der Waals surface area contributed by atoms with Gasteiger partial charge < -0.3 is 14.5 Å². The molecule has 112 valence electrons. The molecule has 21 heavy (non-hydrogen) atoms. The highest BCUT2D eigenvalue weighted by atomic mass is 32.2. The SMILES string of the molecule is O=C(CSc1nnc(-c2cccs2)o1)NC[C@H]1CCCO1. The second kappa shape index (κ2) is 7.06. The van der Waals surface area contributed by atoms with Crippen LogP contribution in [-0.4, -0.2) is 41.1 Å². The van der Waals surface area contributed by atoms with Crippen molar-refractivity contribution in [3.8, 4) is 10.8 Å². The van der Waals surface area contributed by atoms with Crippen LogP contribution in [-0.2, 0) is 9.53 Å². The quantitative estimate of drug-likeness (QED) is 0.820. The Kier molecular flexibility index (Phi) is 4.89. The average Bonchev–Trinajstić information content (AvgIpc) is 3.24. The third-order valence-corrected chi connectivity index (χ3v) is 4.69. The molecule has 0 saturated carbocycles. The van der Waals surface area contributed by atoms with E-state index >= 15 is 0 Å². The van der Waals surface area contributed by atoms with Crippen molar-refractivity contribution in [2.24, 2.45) is 0 Å². The molecule has 1 saturated heterocycles. The third kappa shape index (κ3) is 4.05. The number of hydrogen-bond donors (Lipinski definition) is 1. The molecule has 1 atom stereocenters. The Morgan fingerprint density at radius 2 is 2.48 bits per heavy atom. The van der Waals surface area contributed by atoms with Crippen LogP contribution in [0.25, 0.3) is 10.8 Å². The normalized spacial score (nSPS) is 18.0. The summed E-state index contributed by atoms with van der Waals surface area (Å²) < 4.78 is 11.0. The molecule has 0 radical (unpaired) electrons. The van der Waals surface area contributed by atoms with Crippen molar-refractivity contribution in [2.75, 3.05) is 18.9 Å². The molecule has 6 nitrogen and oxygen atoms in total. The van der Waals surface area contributed by atoms with Crippen molar-refractivity contribution >= 4 is 29.0 Å². The zero-order valence-corrected chi connectivity index (χ0v) is 12.9. The van der Waals surface area contributed by atoms with Crippen LogP contribution in [0.5, 0.6) is 0 Å². The first-order valence-electron chi connectivity index (χ1n) is 6.70. The van der Waals surface area contributed by atoms with Crippen LogP contribution in [0.1, 0.15) is 12.8 Å². The van der Waals surface area contributed by atoms with Crippen molar-refractivity contribution in [3.63, 3.8) is 0 Å². The van der Waals surface area contributed by atoms with Crippen molar-refractivity contribution < 1.29 is 13.9 Å². The van der Waals surface area contributed by atoms with Crippen LogP contribution in [0.3, 0.4) is 0 Å². The molecule has 3 rings (SSSR count). The minimum atomic E-state index is -0.0497. The minimum absolute atomic E-state index is 0.0497. The highest BCUT2D eigenvalue weighted by molar-refractivity contribution is 7.99. The van der Waals surface area contributed by atoms with Gasteiger partial charge in [0.15, 0.2) is 0 Å². The molecule has 8 heteroatoms. The first-order valence-corrected chi connectivity index (χ1v) is 8.56. The maximum atomic E-state index is 11.7. The second-order valence-electron chi connectivity index (χ2n) is 4.58. The number of nitrogens with one attached hydrogen (secondary N) is 1. The van der Waals surface area contributed by atoms with E-state index in [1.54, 1.807) is 0 Å². The lowest BCUT2D eigenvalue weighted by Crippen LogP contribution is -2.32. The molecule has 0 aliphatic carbocycles. The first-order chi connectivity index (χ1) is 10.3. The Bertz CT molecular complexity index is 579. The summed E-state index contributed by atoms with van der Waals surface area (Å²) in [4.78, 5) is 12.7. The standard InChI is InChI=1S/C13H15N3O3S2/c17-11(14-7-9-3-1-5-18-9)8-21-13-16-15-12(19-13)10-4-2-6-20-10/h2,4,6,9H,1,3,5,7-8H2,(H,14,17)/t9-/m1/s1. The van der Waals surface area contributed by atoms with Crippen molar-refractivity contribution in [3.05, 3.63) is 17.5 Å². The van der Waals surface area contributed by atoms with Gasteiger partial charge in [-0.25, -0.2) is 0 Å². The Hall–Kier alpha value is -1.38. The predicted molar refractivity (Wildman–Crippen MR) is 80.3 cm³/mol. The van der Waals surface area contributed by atoms with Crippen molar-refractivity contribution in [2.45, 2.75) is 24.2 Å². The van der Waals surface area contributed by atoms with Crippen molar-refractivity contribution in [1.82, 2.24) is 15.5 Å². The minimum Gasteiger partial charge on any atom is -0.410 e. The summed E-state index contributed by atoms with van der Waals surface area (Å²) >= 11 is 2.78. The first kappa shape index (κ1) is 14.6. The largest absolute Gasteiger partial charge is 0.410 e. The van der Waals surface area contributed by atoms with Crippen LogP contribution in [0.4, 0.5) is 0 Å². The number of ether oxygens (including phenoxy) is 1. The van der Waals surface area contributed by atoms with Crippen LogP contribution in [0, 0.1) is 0 Å². The van der Waals surface area contributed by atoms with E-state index in [-0.39, 0.29) is 17.8 Å². The third-order valence-electron chi connectivity index (χ3n) is 3.02. The topological polar surface area (TPSA) is 77.2 Å². The number of thiophene rings is 1. The van der Waals surface area contributed by atoms with Gasteiger partial charge in [-0.15, -0.1) is 21.5 Å². The fourth-order valence-corrected chi connectivity index (χ4v) is 3.22. The lowest BCUT2D eigenvalue weighted by atomic mass is 10.2. The monoisotopic (exact) mass is 325 g/mol. The molecule has 2 aromatic rings. The number of aromatic nitrogens is 2. The van der Waals surface area contributed by atoms with Gasteiger partial charge in [0.05, 0.1) is 16.7 Å². The zero-order chi connectivity index (χ0) is 14.5. The Balaban J connectivity index is 1.43. The van der Waals surface area contributed by atoms with Gasteiger partial charge in [-0.1, -0.05) is 17.8 Å². The van der Waals surface area contributed by atoms with Gasteiger partial charge in [0.1, 0.15) is 0 Å². The molecule has 0 aromatic carbocycles. The molecule has 1 N–H and O–H groups in total. The number of rotatable bonds is 6. The summed E-state index contributed by atoms with van der Waals surface area (Å²) in [6, 6.07) is 3.84. The maximum absolute atomic E-state index is 11.7. The lowest BCUT2D eigenvalue weighted by molar-refractivity contribution is -0.119. The second-order valence-corrected chi connectivity index (χ2v) is 6.45. The molecule has 3 heterocycles. The fraction of sp³-hybridized carbons (Fsp3) is 0.462. The summed E-state index contributed by atoms with van der Waals surface area (Å²) in [6.07, 6.45) is 2.25. The summed E-state index contributed by atoms with van der Waals surface area (Å²) in [6.45, 7) is 1.37. The highest BCUT2D eigenvalue weighted by Gasteiger charge is 2.17. The molecule has 1 aliphatic rings. The van der Waals surface area contributed by atoms with E-state index in [2.05, 4.69) is 15.5 Å². The molecule has 2 aromatic heterocycles. The molecule has 0 unspecified atom stereocenters. The van der Waals surface area contributed by atoms with Gasteiger partial charge >= 0.3 is 0 Å². The highest BCUT2D eigenvalue weighted by Crippen LogP contribution is 2.26. The van der Waals surface area contributed by atoms with Gasteiger partial charge in [0.25, 0.3) is 11.1 Å². The van der Waals surface area contributed by atoms with Gasteiger partial charge in [-0.05, 0) is 24.3 Å². The molecule has 1 fully saturated rings. The van der Waals surface area contributed by atoms with Crippen LogP contribution >= 0.6 is 23.1 Å². The van der Waals surface area contributed by atoms with Crippen LogP contribution in [0.2, 0.25) is 0 Å². The van der Waals surface area contributed by atoms with Gasteiger partial charge in [0.2, 0.25) is 5.91 Å². The number of amides is 1. The van der Waals surface area contributed by atoms with Gasteiger partial charge in [-0.2, -0.15) is 0 Å². The van der Waals surface area contributed by atoms with E-state index in [4.69, 9.17) is 9.15 Å². The van der Waals surface area contributed by atoms with E-state index in [1.165, 1.54) is 23.1 Å². The van der Waals surface area contributed by atoms with E-state index in [1.807, 2.05) is 17.5 Å². The molecule has 1 aliphatic heterocycles. The number of carbonyl (C=O) groups is 1. The Morgan fingerprint density at radius 1 is 1.52 bits per heavy atom. The predicted octanol–water partition coefficient (Wildman–Crippen LogP) is 2.19. The lowest BCUT2D eigenvalue weighted by Gasteiger charge is -2.09. The van der Waals surface area contributed by atoms with Crippen LogP contribution < -0.4 is 5.32 Å². The van der Waals surface area contributed by atoms with Crippen LogP contribution in [0.15, 0.2) is 27.2 Å². The average molecular weight is 325 g/mol. The number of thioether (sulfide) groups is 1. The maximum Gasteiger partial charge on any atom is 0.277 e. The summed E-state index contributed by atoms with van der Waals surface area (Å²) in [5.41, 5.74) is 0. The molecular formula is C13H15N3O3S2. The summed E-state index contributed by atoms with van der Waals surface area (Å²) in [5.74, 6) is 0.706. The van der Waals surface area contributed by atoms with Gasteiger partial charge in [-0.3, -0.25) is 4.79 Å². The van der Waals surface area contributed by atoms with E-state index in [0.717, 1.165) is 24.3 Å². The van der Waals surface area contributed by atoms with Gasteiger partial charge in [0, 0.05) is 13.2 Å². The van der Waals surface area contributed by atoms with E-state index in [0.29, 0.717) is 17.7 Å². The Morgan fingerprint density at radius 3 is 3.24 bits per heavy atom. The summed E-state index contributed by atoms with van der Waals surface area (Å²) in [5, 5.41) is 13.1. The fourth-order valence-electron chi connectivity index (χ4n) is 1.98. The van der Waals surface area contributed by atoms with Crippen molar-refractivity contribution in [1.29, 1.82) is 0 Å².